The molecule has 0 saturated heterocycles. The summed E-state index contributed by atoms with van der Waals surface area (Å²) >= 11 is 0. The molecule has 92 valence electrons. The molecule has 0 spiro atoms. The first-order valence-corrected chi connectivity index (χ1v) is 5.91. The number of nitrogens with one attached hydrogen (secondary N) is 1. The lowest BCUT2D eigenvalue weighted by Gasteiger charge is -2.25. The Labute approximate surface area is 101 Å². The SMILES string of the molecule is COc1ccc2c(c1)[C@H](CC(=O)NN)CCC2. The van der Waals surface area contributed by atoms with Crippen molar-refractivity contribution in [2.75, 3.05) is 7.11 Å². The number of amides is 1. The molecular formula is C13H18N2O2. The Hall–Kier alpha value is -1.55. The molecule has 1 amide bonds. The van der Waals surface area contributed by atoms with Gasteiger partial charge in [-0.05, 0) is 48.4 Å². The molecule has 0 heterocycles. The number of benzene rings is 1. The molecule has 1 aliphatic carbocycles. The molecule has 0 bridgehead atoms. The number of ether oxygens (including phenoxy) is 1. The monoisotopic (exact) mass is 234 g/mol. The number of fused-ring (bicyclic) bond motifs is 1. The number of hydrazine groups is 1. The number of nitrogens with two attached hydrogens (primary N) is 1. The van der Waals surface area contributed by atoms with E-state index in [0.717, 1.165) is 25.0 Å². The number of hydrogen-bond acceptors (Lipinski definition) is 3. The molecule has 4 heteroatoms. The third-order valence-corrected chi connectivity index (χ3v) is 3.38. The van der Waals surface area contributed by atoms with E-state index in [1.165, 1.54) is 11.1 Å². The summed E-state index contributed by atoms with van der Waals surface area (Å²) in [5.41, 5.74) is 4.76. The molecule has 0 radical (unpaired) electrons. The van der Waals surface area contributed by atoms with Crippen molar-refractivity contribution < 1.29 is 9.53 Å². The number of hydrogen-bond donors (Lipinski definition) is 2. The van der Waals surface area contributed by atoms with Crippen LogP contribution < -0.4 is 16.0 Å². The second-order valence-electron chi connectivity index (χ2n) is 4.43. The number of methoxy groups -OCH3 is 1. The standard InChI is InChI=1S/C13H18N2O2/c1-17-11-6-5-9-3-2-4-10(12(9)8-11)7-13(16)15-14/h5-6,8,10H,2-4,7,14H2,1H3,(H,15,16)/t10-/m0/s1. The van der Waals surface area contributed by atoms with Gasteiger partial charge in [-0.2, -0.15) is 0 Å². The van der Waals surface area contributed by atoms with Crippen molar-refractivity contribution in [2.45, 2.75) is 31.6 Å². The Morgan fingerprint density at radius 2 is 2.41 bits per heavy atom. The third-order valence-electron chi connectivity index (χ3n) is 3.38. The lowest BCUT2D eigenvalue weighted by Crippen LogP contribution is -2.31. The van der Waals surface area contributed by atoms with E-state index in [2.05, 4.69) is 11.5 Å². The van der Waals surface area contributed by atoms with Gasteiger partial charge in [0.25, 0.3) is 0 Å². The van der Waals surface area contributed by atoms with Crippen molar-refractivity contribution in [3.63, 3.8) is 0 Å². The summed E-state index contributed by atoms with van der Waals surface area (Å²) in [7, 11) is 1.66. The quantitative estimate of drug-likeness (QED) is 0.473. The van der Waals surface area contributed by atoms with Crippen molar-refractivity contribution in [3.05, 3.63) is 29.3 Å². The molecule has 0 aromatic heterocycles. The molecule has 17 heavy (non-hydrogen) atoms. The van der Waals surface area contributed by atoms with Crippen LogP contribution >= 0.6 is 0 Å². The van der Waals surface area contributed by atoms with E-state index in [9.17, 15) is 4.79 Å². The van der Waals surface area contributed by atoms with E-state index < -0.39 is 0 Å². The molecule has 1 atom stereocenters. The Kier molecular flexibility index (Phi) is 3.64. The lowest BCUT2D eigenvalue weighted by atomic mass is 9.81. The number of rotatable bonds is 3. The average Bonchev–Trinajstić information content (AvgIpc) is 2.38. The zero-order valence-electron chi connectivity index (χ0n) is 10.0. The van der Waals surface area contributed by atoms with Crippen LogP contribution in [-0.2, 0) is 11.2 Å². The van der Waals surface area contributed by atoms with Crippen LogP contribution in [0.1, 0.15) is 36.3 Å². The summed E-state index contributed by atoms with van der Waals surface area (Å²) in [6.45, 7) is 0. The first kappa shape index (κ1) is 11.9. The molecule has 1 aromatic carbocycles. The maximum Gasteiger partial charge on any atom is 0.234 e. The summed E-state index contributed by atoms with van der Waals surface area (Å²) in [4.78, 5) is 11.4. The van der Waals surface area contributed by atoms with Gasteiger partial charge in [0.15, 0.2) is 0 Å². The van der Waals surface area contributed by atoms with Crippen LogP contribution in [0.15, 0.2) is 18.2 Å². The number of carbonyl (C=O) groups excluding carboxylic acids is 1. The van der Waals surface area contributed by atoms with Crippen molar-refractivity contribution in [1.29, 1.82) is 0 Å². The Bertz CT molecular complexity index is 418. The van der Waals surface area contributed by atoms with Crippen LogP contribution in [0, 0.1) is 0 Å². The Morgan fingerprint density at radius 1 is 1.59 bits per heavy atom. The highest BCUT2D eigenvalue weighted by atomic mass is 16.5. The largest absolute Gasteiger partial charge is 0.497 e. The van der Waals surface area contributed by atoms with Gasteiger partial charge in [-0.25, -0.2) is 5.84 Å². The normalized spacial score (nSPS) is 18.4. The summed E-state index contributed by atoms with van der Waals surface area (Å²) in [6, 6.07) is 6.12. The average molecular weight is 234 g/mol. The van der Waals surface area contributed by atoms with Crippen LogP contribution in [0.5, 0.6) is 5.75 Å². The van der Waals surface area contributed by atoms with Crippen LogP contribution in [-0.4, -0.2) is 13.0 Å². The topological polar surface area (TPSA) is 64.3 Å². The lowest BCUT2D eigenvalue weighted by molar-refractivity contribution is -0.121. The van der Waals surface area contributed by atoms with Crippen molar-refractivity contribution >= 4 is 5.91 Å². The highest BCUT2D eigenvalue weighted by molar-refractivity contribution is 5.76. The minimum Gasteiger partial charge on any atom is -0.497 e. The maximum absolute atomic E-state index is 11.4. The molecule has 0 saturated carbocycles. The highest BCUT2D eigenvalue weighted by Gasteiger charge is 2.22. The van der Waals surface area contributed by atoms with E-state index in [1.807, 2.05) is 12.1 Å². The summed E-state index contributed by atoms with van der Waals surface area (Å²) < 4.78 is 5.23. The smallest absolute Gasteiger partial charge is 0.234 e. The third kappa shape index (κ3) is 2.58. The van der Waals surface area contributed by atoms with E-state index in [-0.39, 0.29) is 11.8 Å². The van der Waals surface area contributed by atoms with Crippen LogP contribution in [0.25, 0.3) is 0 Å². The zero-order valence-corrected chi connectivity index (χ0v) is 10.0. The van der Waals surface area contributed by atoms with Crippen LogP contribution in [0.2, 0.25) is 0 Å². The van der Waals surface area contributed by atoms with Crippen molar-refractivity contribution in [1.82, 2.24) is 5.43 Å². The van der Waals surface area contributed by atoms with Gasteiger partial charge >= 0.3 is 0 Å². The highest BCUT2D eigenvalue weighted by Crippen LogP contribution is 2.35. The van der Waals surface area contributed by atoms with Gasteiger partial charge in [0.2, 0.25) is 5.91 Å². The predicted octanol–water partition coefficient (Wildman–Crippen LogP) is 1.50. The zero-order chi connectivity index (χ0) is 12.3. The summed E-state index contributed by atoms with van der Waals surface area (Å²) in [6.07, 6.45) is 3.70. The molecule has 0 aliphatic heterocycles. The molecular weight excluding hydrogens is 216 g/mol. The fraction of sp³-hybridized carbons (Fsp3) is 0.462. The Morgan fingerprint density at radius 3 is 3.12 bits per heavy atom. The fourth-order valence-electron chi connectivity index (χ4n) is 2.50. The second kappa shape index (κ2) is 5.19. The van der Waals surface area contributed by atoms with Crippen molar-refractivity contribution in [3.8, 4) is 5.75 Å². The van der Waals surface area contributed by atoms with Gasteiger partial charge in [-0.15, -0.1) is 0 Å². The van der Waals surface area contributed by atoms with Gasteiger partial charge in [0.05, 0.1) is 7.11 Å². The molecule has 3 N–H and O–H groups in total. The van der Waals surface area contributed by atoms with E-state index in [4.69, 9.17) is 10.6 Å². The van der Waals surface area contributed by atoms with Crippen molar-refractivity contribution in [2.24, 2.45) is 5.84 Å². The van der Waals surface area contributed by atoms with Crippen LogP contribution in [0.3, 0.4) is 0 Å². The molecule has 0 unspecified atom stereocenters. The van der Waals surface area contributed by atoms with E-state index in [0.29, 0.717) is 6.42 Å². The molecule has 1 aliphatic rings. The van der Waals surface area contributed by atoms with E-state index in [1.54, 1.807) is 7.11 Å². The summed E-state index contributed by atoms with van der Waals surface area (Å²) in [5.74, 6) is 6.15. The number of carbonyl (C=O) groups is 1. The van der Waals surface area contributed by atoms with Gasteiger partial charge in [0, 0.05) is 6.42 Å². The van der Waals surface area contributed by atoms with Gasteiger partial charge < -0.3 is 4.74 Å². The first-order chi connectivity index (χ1) is 8.24. The molecule has 1 aromatic rings. The summed E-state index contributed by atoms with van der Waals surface area (Å²) in [5, 5.41) is 0. The number of aryl methyl sites for hydroxylation is 1. The molecule has 0 fully saturated rings. The Balaban J connectivity index is 2.25. The maximum atomic E-state index is 11.4. The van der Waals surface area contributed by atoms with Gasteiger partial charge in [-0.1, -0.05) is 6.07 Å². The predicted molar refractivity (Wildman–Crippen MR) is 65.6 cm³/mol. The van der Waals surface area contributed by atoms with Gasteiger partial charge in [0.1, 0.15) is 5.75 Å². The first-order valence-electron chi connectivity index (χ1n) is 5.91. The minimum atomic E-state index is -0.106. The second-order valence-corrected chi connectivity index (χ2v) is 4.43. The molecule has 2 rings (SSSR count). The minimum absolute atomic E-state index is 0.106. The molecule has 4 nitrogen and oxygen atoms in total. The van der Waals surface area contributed by atoms with E-state index >= 15 is 0 Å². The van der Waals surface area contributed by atoms with Gasteiger partial charge in [-0.3, -0.25) is 10.2 Å². The fourth-order valence-corrected chi connectivity index (χ4v) is 2.50. The van der Waals surface area contributed by atoms with Crippen LogP contribution in [0.4, 0.5) is 0 Å².